The Kier molecular flexibility index (Phi) is 5.04. The van der Waals surface area contributed by atoms with Crippen LogP contribution in [0.4, 0.5) is 24.5 Å². The van der Waals surface area contributed by atoms with Crippen molar-refractivity contribution in [1.82, 2.24) is 9.97 Å². The van der Waals surface area contributed by atoms with Gasteiger partial charge in [0.05, 0.1) is 27.3 Å². The van der Waals surface area contributed by atoms with Crippen LogP contribution in [0.5, 0.6) is 0 Å². The van der Waals surface area contributed by atoms with Gasteiger partial charge in [0, 0.05) is 6.07 Å². The molecule has 3 rings (SSSR count). The van der Waals surface area contributed by atoms with E-state index < -0.39 is 28.3 Å². The number of amides is 1. The molecule has 0 saturated carbocycles. The number of H-pyrrole nitrogens is 1. The Labute approximate surface area is 154 Å². The van der Waals surface area contributed by atoms with Gasteiger partial charge in [-0.1, -0.05) is 23.9 Å². The molecule has 1 heterocycles. The quantitative estimate of drug-likeness (QED) is 0.382. The lowest BCUT2D eigenvalue weighted by atomic mass is 10.1. The first-order chi connectivity index (χ1) is 12.7. The van der Waals surface area contributed by atoms with Gasteiger partial charge in [-0.25, -0.2) is 4.98 Å². The van der Waals surface area contributed by atoms with Crippen molar-refractivity contribution >= 4 is 40.1 Å². The summed E-state index contributed by atoms with van der Waals surface area (Å²) in [5.41, 5.74) is -0.781. The van der Waals surface area contributed by atoms with Crippen molar-refractivity contribution in [3.63, 3.8) is 0 Å². The molecule has 0 atom stereocenters. The Hall–Kier alpha value is -3.08. The monoisotopic (exact) mass is 396 g/mol. The number of carbonyl (C=O) groups is 1. The van der Waals surface area contributed by atoms with E-state index in [0.717, 1.165) is 28.9 Å². The molecule has 1 amide bonds. The standard InChI is InChI=1S/C16H11F3N4O3S/c17-16(18,19)9-5-6-12(13(7-9)23(25)26)20-14(24)8-27-15-21-10-3-1-2-4-11(10)22-15/h1-7H,8H2,(H,20,24)(H,21,22). The summed E-state index contributed by atoms with van der Waals surface area (Å²) in [4.78, 5) is 29.4. The number of imidazole rings is 1. The average Bonchev–Trinajstić information content (AvgIpc) is 3.02. The van der Waals surface area contributed by atoms with Gasteiger partial charge in [-0.3, -0.25) is 14.9 Å². The number of alkyl halides is 3. The summed E-state index contributed by atoms with van der Waals surface area (Å²) in [5, 5.41) is 13.8. The second kappa shape index (κ2) is 7.27. The molecule has 0 bridgehead atoms. The maximum Gasteiger partial charge on any atom is 0.416 e. The van der Waals surface area contributed by atoms with Crippen molar-refractivity contribution in [3.8, 4) is 0 Å². The number of para-hydroxylation sites is 2. The SMILES string of the molecule is O=C(CSc1nc2ccccc2[nH]1)Nc1ccc(C(F)(F)F)cc1[N+](=O)[O-]. The number of anilines is 1. The first-order valence-corrected chi connectivity index (χ1v) is 8.45. The van der Waals surface area contributed by atoms with Crippen LogP contribution in [0.25, 0.3) is 11.0 Å². The summed E-state index contributed by atoms with van der Waals surface area (Å²) < 4.78 is 38.1. The van der Waals surface area contributed by atoms with Gasteiger partial charge in [-0.2, -0.15) is 13.2 Å². The summed E-state index contributed by atoms with van der Waals surface area (Å²) in [6.07, 6.45) is -4.72. The molecule has 0 radical (unpaired) electrons. The first-order valence-electron chi connectivity index (χ1n) is 7.47. The van der Waals surface area contributed by atoms with E-state index in [1.165, 1.54) is 0 Å². The van der Waals surface area contributed by atoms with E-state index in [-0.39, 0.29) is 11.4 Å². The third-order valence-electron chi connectivity index (χ3n) is 3.50. The topological polar surface area (TPSA) is 101 Å². The van der Waals surface area contributed by atoms with Crippen molar-refractivity contribution < 1.29 is 22.9 Å². The number of nitrogens with zero attached hydrogens (tertiary/aromatic N) is 2. The van der Waals surface area contributed by atoms with E-state index in [0.29, 0.717) is 17.3 Å². The Bertz CT molecular complexity index is 987. The van der Waals surface area contributed by atoms with Crippen molar-refractivity contribution in [2.24, 2.45) is 0 Å². The number of fused-ring (bicyclic) bond motifs is 1. The van der Waals surface area contributed by atoms with Crippen LogP contribution < -0.4 is 5.32 Å². The normalized spacial score (nSPS) is 11.5. The second-order valence-electron chi connectivity index (χ2n) is 5.38. The number of thioether (sulfide) groups is 1. The number of nitro groups is 1. The highest BCUT2D eigenvalue weighted by Gasteiger charge is 2.33. The van der Waals surface area contributed by atoms with E-state index in [1.807, 2.05) is 18.2 Å². The first kappa shape index (κ1) is 18.7. The lowest BCUT2D eigenvalue weighted by molar-refractivity contribution is -0.384. The molecule has 3 aromatic rings. The highest BCUT2D eigenvalue weighted by atomic mass is 32.2. The van der Waals surface area contributed by atoms with Gasteiger partial charge >= 0.3 is 6.18 Å². The van der Waals surface area contributed by atoms with Crippen LogP contribution in [-0.4, -0.2) is 26.6 Å². The van der Waals surface area contributed by atoms with Crippen LogP contribution in [0.1, 0.15) is 5.56 Å². The van der Waals surface area contributed by atoms with Crippen LogP contribution in [0, 0.1) is 10.1 Å². The number of aromatic nitrogens is 2. The number of nitro benzene ring substituents is 1. The van der Waals surface area contributed by atoms with E-state index in [9.17, 15) is 28.1 Å². The zero-order valence-corrected chi connectivity index (χ0v) is 14.2. The van der Waals surface area contributed by atoms with Gasteiger partial charge in [-0.15, -0.1) is 0 Å². The molecule has 1 aromatic heterocycles. The minimum Gasteiger partial charge on any atom is -0.333 e. The number of aromatic amines is 1. The lowest BCUT2D eigenvalue weighted by Crippen LogP contribution is -2.16. The molecule has 27 heavy (non-hydrogen) atoms. The summed E-state index contributed by atoms with van der Waals surface area (Å²) in [6.45, 7) is 0. The van der Waals surface area contributed by atoms with Gasteiger partial charge in [0.1, 0.15) is 5.69 Å². The molecule has 0 fully saturated rings. The maximum absolute atomic E-state index is 12.7. The number of nitrogens with one attached hydrogen (secondary N) is 2. The molecule has 2 N–H and O–H groups in total. The summed E-state index contributed by atoms with van der Waals surface area (Å²) >= 11 is 1.07. The van der Waals surface area contributed by atoms with Crippen molar-refractivity contribution in [3.05, 3.63) is 58.1 Å². The summed E-state index contributed by atoms with van der Waals surface area (Å²) in [6, 6.07) is 9.18. The van der Waals surface area contributed by atoms with E-state index in [2.05, 4.69) is 15.3 Å². The van der Waals surface area contributed by atoms with Gasteiger partial charge in [0.2, 0.25) is 5.91 Å². The Morgan fingerprint density at radius 3 is 2.67 bits per heavy atom. The molecule has 0 aliphatic heterocycles. The summed E-state index contributed by atoms with van der Waals surface area (Å²) in [7, 11) is 0. The van der Waals surface area contributed by atoms with Gasteiger partial charge < -0.3 is 10.3 Å². The zero-order chi connectivity index (χ0) is 19.6. The Balaban J connectivity index is 1.70. The minimum absolute atomic E-state index is 0.127. The van der Waals surface area contributed by atoms with Crippen molar-refractivity contribution in [2.75, 3.05) is 11.1 Å². The van der Waals surface area contributed by atoms with Crippen molar-refractivity contribution in [2.45, 2.75) is 11.3 Å². The van der Waals surface area contributed by atoms with E-state index in [1.54, 1.807) is 6.07 Å². The fourth-order valence-electron chi connectivity index (χ4n) is 2.28. The number of halogens is 3. The molecule has 0 saturated heterocycles. The molecule has 11 heteroatoms. The van der Waals surface area contributed by atoms with Crippen molar-refractivity contribution in [1.29, 1.82) is 0 Å². The second-order valence-corrected chi connectivity index (χ2v) is 6.35. The number of hydrogen-bond acceptors (Lipinski definition) is 5. The van der Waals surface area contributed by atoms with E-state index >= 15 is 0 Å². The third-order valence-corrected chi connectivity index (χ3v) is 4.38. The zero-order valence-electron chi connectivity index (χ0n) is 13.4. The molecule has 140 valence electrons. The highest BCUT2D eigenvalue weighted by Crippen LogP contribution is 2.35. The average molecular weight is 396 g/mol. The highest BCUT2D eigenvalue weighted by molar-refractivity contribution is 7.99. The number of carbonyl (C=O) groups excluding carboxylic acids is 1. The predicted molar refractivity (Wildman–Crippen MR) is 93.5 cm³/mol. The van der Waals surface area contributed by atoms with Crippen LogP contribution in [0.15, 0.2) is 47.6 Å². The minimum atomic E-state index is -4.72. The van der Waals surface area contributed by atoms with Crippen LogP contribution in [0.2, 0.25) is 0 Å². The predicted octanol–water partition coefficient (Wildman–Crippen LogP) is 4.22. The van der Waals surface area contributed by atoms with Gasteiger partial charge in [-0.05, 0) is 24.3 Å². The summed E-state index contributed by atoms with van der Waals surface area (Å²) in [5.74, 6) is -0.735. The molecule has 0 unspecified atom stereocenters. The lowest BCUT2D eigenvalue weighted by Gasteiger charge is -2.09. The fourth-order valence-corrected chi connectivity index (χ4v) is 2.97. The van der Waals surface area contributed by atoms with Crippen LogP contribution in [-0.2, 0) is 11.0 Å². The van der Waals surface area contributed by atoms with Gasteiger partial charge in [0.25, 0.3) is 5.69 Å². The smallest absolute Gasteiger partial charge is 0.333 e. The fraction of sp³-hybridized carbons (Fsp3) is 0.125. The van der Waals surface area contributed by atoms with E-state index in [4.69, 9.17) is 0 Å². The largest absolute Gasteiger partial charge is 0.416 e. The molecule has 0 spiro atoms. The molecule has 0 aliphatic rings. The molecule has 0 aliphatic carbocycles. The van der Waals surface area contributed by atoms with Gasteiger partial charge in [0.15, 0.2) is 5.16 Å². The van der Waals surface area contributed by atoms with Crippen LogP contribution in [0.3, 0.4) is 0 Å². The maximum atomic E-state index is 12.7. The number of benzene rings is 2. The van der Waals surface area contributed by atoms with Crippen LogP contribution >= 0.6 is 11.8 Å². The molecule has 2 aromatic carbocycles. The molecular formula is C16H11F3N4O3S. The molecular weight excluding hydrogens is 385 g/mol. The Morgan fingerprint density at radius 2 is 2.00 bits per heavy atom. The number of rotatable bonds is 5. The number of hydrogen-bond donors (Lipinski definition) is 2. The molecule has 7 nitrogen and oxygen atoms in total. The Morgan fingerprint density at radius 1 is 1.26 bits per heavy atom. The third kappa shape index (κ3) is 4.37.